The molecule has 1 unspecified atom stereocenters. The average molecular weight is 239 g/mol. The van der Waals surface area contributed by atoms with E-state index in [-0.39, 0.29) is 25.1 Å². The Balaban J connectivity index is 2.46. The van der Waals surface area contributed by atoms with Crippen molar-refractivity contribution in [2.45, 2.75) is 44.2 Å². The third-order valence-electron chi connectivity index (χ3n) is 3.46. The number of nitrogens with one attached hydrogen (secondary N) is 1. The van der Waals surface area contributed by atoms with Crippen LogP contribution < -0.4 is 5.32 Å². The summed E-state index contributed by atoms with van der Waals surface area (Å²) in [7, 11) is 1.79. The van der Waals surface area contributed by atoms with E-state index in [0.29, 0.717) is 0 Å². The summed E-state index contributed by atoms with van der Waals surface area (Å²) >= 11 is 0. The molecule has 0 radical (unpaired) electrons. The fourth-order valence-electron chi connectivity index (χ4n) is 2.07. The summed E-state index contributed by atoms with van der Waals surface area (Å²) in [6.45, 7) is 2.08. The van der Waals surface area contributed by atoms with E-state index in [1.807, 2.05) is 6.92 Å². The van der Waals surface area contributed by atoms with Crippen molar-refractivity contribution in [3.8, 4) is 6.07 Å². The third-order valence-corrected chi connectivity index (χ3v) is 3.46. The maximum atomic E-state index is 11.8. The van der Waals surface area contributed by atoms with Crippen LogP contribution in [0.4, 0.5) is 0 Å². The number of hydrogen-bond acceptors (Lipinski definition) is 4. The second-order valence-corrected chi connectivity index (χ2v) is 4.90. The van der Waals surface area contributed by atoms with Crippen molar-refractivity contribution in [3.63, 3.8) is 0 Å². The zero-order chi connectivity index (χ0) is 12.9. The van der Waals surface area contributed by atoms with Gasteiger partial charge in [0.05, 0.1) is 19.2 Å². The van der Waals surface area contributed by atoms with Gasteiger partial charge in [0, 0.05) is 6.04 Å². The number of aliphatic hydroxyl groups is 1. The fourth-order valence-corrected chi connectivity index (χ4v) is 2.07. The number of hydrogen-bond donors (Lipinski definition) is 2. The number of carbonyl (C=O) groups is 1. The molecule has 0 aliphatic heterocycles. The van der Waals surface area contributed by atoms with Crippen molar-refractivity contribution < 1.29 is 9.90 Å². The Bertz CT molecular complexity index is 305. The number of rotatable bonds is 5. The summed E-state index contributed by atoms with van der Waals surface area (Å²) in [5.41, 5.74) is -0.652. The minimum Gasteiger partial charge on any atom is -0.395 e. The molecule has 1 atom stereocenters. The van der Waals surface area contributed by atoms with Crippen LogP contribution in [-0.4, -0.2) is 47.7 Å². The van der Waals surface area contributed by atoms with Crippen LogP contribution >= 0.6 is 0 Å². The van der Waals surface area contributed by atoms with E-state index in [2.05, 4.69) is 11.4 Å². The minimum atomic E-state index is -0.652. The Morgan fingerprint density at radius 2 is 2.18 bits per heavy atom. The van der Waals surface area contributed by atoms with E-state index in [9.17, 15) is 4.79 Å². The summed E-state index contributed by atoms with van der Waals surface area (Å²) in [6, 6.07) is 2.17. The topological polar surface area (TPSA) is 76.4 Å². The Morgan fingerprint density at radius 3 is 2.65 bits per heavy atom. The lowest BCUT2D eigenvalue weighted by molar-refractivity contribution is -0.123. The summed E-state index contributed by atoms with van der Waals surface area (Å²) in [4.78, 5) is 13.6. The number of carbonyl (C=O) groups excluding carboxylic acids is 1. The van der Waals surface area contributed by atoms with Crippen LogP contribution in [0.1, 0.15) is 32.6 Å². The van der Waals surface area contributed by atoms with E-state index in [4.69, 9.17) is 10.4 Å². The molecule has 0 bridgehead atoms. The smallest absolute Gasteiger partial charge is 0.235 e. The van der Waals surface area contributed by atoms with Crippen LogP contribution in [0.5, 0.6) is 0 Å². The van der Waals surface area contributed by atoms with Gasteiger partial charge >= 0.3 is 0 Å². The SMILES string of the molecule is CC(CO)N(C)CC(=O)NC1(C#N)CCCC1. The standard InChI is InChI=1S/C12H21N3O2/c1-10(8-16)15(2)7-11(17)14-12(9-13)5-3-4-6-12/h10,16H,3-8H2,1-2H3,(H,14,17). The molecule has 96 valence electrons. The minimum absolute atomic E-state index is 0.0210. The molecule has 1 aliphatic carbocycles. The monoisotopic (exact) mass is 239 g/mol. The zero-order valence-corrected chi connectivity index (χ0v) is 10.6. The van der Waals surface area contributed by atoms with Crippen LogP contribution in [0.25, 0.3) is 0 Å². The molecular formula is C12H21N3O2. The molecule has 2 N–H and O–H groups in total. The maximum Gasteiger partial charge on any atom is 0.235 e. The van der Waals surface area contributed by atoms with Gasteiger partial charge in [-0.2, -0.15) is 5.26 Å². The first-order valence-electron chi connectivity index (χ1n) is 6.06. The first kappa shape index (κ1) is 13.9. The van der Waals surface area contributed by atoms with Gasteiger partial charge in [-0.3, -0.25) is 9.69 Å². The van der Waals surface area contributed by atoms with Crippen LogP contribution in [0.15, 0.2) is 0 Å². The Kier molecular flexibility index (Phi) is 4.91. The average Bonchev–Trinajstić information content (AvgIpc) is 2.76. The fraction of sp³-hybridized carbons (Fsp3) is 0.833. The summed E-state index contributed by atoms with van der Waals surface area (Å²) < 4.78 is 0. The van der Waals surface area contributed by atoms with Crippen molar-refractivity contribution in [2.24, 2.45) is 0 Å². The third kappa shape index (κ3) is 3.69. The second kappa shape index (κ2) is 5.99. The van der Waals surface area contributed by atoms with E-state index >= 15 is 0 Å². The molecular weight excluding hydrogens is 218 g/mol. The highest BCUT2D eigenvalue weighted by Gasteiger charge is 2.35. The number of amides is 1. The first-order chi connectivity index (χ1) is 8.03. The lowest BCUT2D eigenvalue weighted by Gasteiger charge is -2.26. The summed E-state index contributed by atoms with van der Waals surface area (Å²) in [6.07, 6.45) is 3.48. The Hall–Kier alpha value is -1.12. The normalized spacial score (nSPS) is 19.9. The molecule has 0 spiro atoms. The van der Waals surface area contributed by atoms with Crippen LogP contribution in [-0.2, 0) is 4.79 Å². The summed E-state index contributed by atoms with van der Waals surface area (Å²) in [5, 5.41) is 20.9. The van der Waals surface area contributed by atoms with E-state index < -0.39 is 5.54 Å². The van der Waals surface area contributed by atoms with E-state index in [1.54, 1.807) is 11.9 Å². The Morgan fingerprint density at radius 1 is 1.59 bits per heavy atom. The molecule has 17 heavy (non-hydrogen) atoms. The highest BCUT2D eigenvalue weighted by atomic mass is 16.3. The van der Waals surface area contributed by atoms with Gasteiger partial charge in [-0.25, -0.2) is 0 Å². The molecule has 0 aromatic heterocycles. The predicted octanol–water partition coefficient (Wildman–Crippen LogP) is 0.252. The highest BCUT2D eigenvalue weighted by Crippen LogP contribution is 2.28. The number of nitrogens with zero attached hydrogens (tertiary/aromatic N) is 2. The quantitative estimate of drug-likeness (QED) is 0.721. The molecule has 5 heteroatoms. The van der Waals surface area contributed by atoms with Crippen LogP contribution in [0, 0.1) is 11.3 Å². The number of likely N-dealkylation sites (N-methyl/N-ethyl adjacent to an activating group) is 1. The van der Waals surface area contributed by atoms with Crippen LogP contribution in [0.2, 0.25) is 0 Å². The van der Waals surface area contributed by atoms with Gasteiger partial charge in [-0.1, -0.05) is 0 Å². The molecule has 1 aliphatic rings. The van der Waals surface area contributed by atoms with Crippen molar-refractivity contribution in [3.05, 3.63) is 0 Å². The lowest BCUT2D eigenvalue weighted by atomic mass is 10.00. The van der Waals surface area contributed by atoms with Gasteiger partial charge in [0.15, 0.2) is 0 Å². The molecule has 1 rings (SSSR count). The Labute approximate surface area is 102 Å². The summed E-state index contributed by atoms with van der Waals surface area (Å²) in [5.74, 6) is -0.142. The van der Waals surface area contributed by atoms with Crippen LogP contribution in [0.3, 0.4) is 0 Å². The van der Waals surface area contributed by atoms with Gasteiger partial charge in [-0.05, 0) is 39.7 Å². The largest absolute Gasteiger partial charge is 0.395 e. The molecule has 0 heterocycles. The second-order valence-electron chi connectivity index (χ2n) is 4.90. The van der Waals surface area contributed by atoms with Gasteiger partial charge < -0.3 is 10.4 Å². The molecule has 5 nitrogen and oxygen atoms in total. The lowest BCUT2D eigenvalue weighted by Crippen LogP contribution is -2.49. The highest BCUT2D eigenvalue weighted by molar-refractivity contribution is 5.79. The molecule has 1 saturated carbocycles. The van der Waals surface area contributed by atoms with Crippen molar-refractivity contribution in [1.29, 1.82) is 5.26 Å². The van der Waals surface area contributed by atoms with Gasteiger partial charge in [0.25, 0.3) is 0 Å². The predicted molar refractivity (Wildman–Crippen MR) is 64.1 cm³/mol. The molecule has 0 aromatic carbocycles. The van der Waals surface area contributed by atoms with Crippen molar-refractivity contribution in [2.75, 3.05) is 20.2 Å². The molecule has 0 saturated heterocycles. The van der Waals surface area contributed by atoms with Gasteiger partial charge in [0.2, 0.25) is 5.91 Å². The van der Waals surface area contributed by atoms with E-state index in [0.717, 1.165) is 25.7 Å². The maximum absolute atomic E-state index is 11.8. The molecule has 0 aromatic rings. The van der Waals surface area contributed by atoms with E-state index in [1.165, 1.54) is 0 Å². The zero-order valence-electron chi connectivity index (χ0n) is 10.6. The molecule has 1 fully saturated rings. The van der Waals surface area contributed by atoms with Gasteiger partial charge in [-0.15, -0.1) is 0 Å². The van der Waals surface area contributed by atoms with Crippen molar-refractivity contribution in [1.82, 2.24) is 10.2 Å². The number of nitriles is 1. The molecule has 1 amide bonds. The first-order valence-corrected chi connectivity index (χ1v) is 6.06. The number of aliphatic hydroxyl groups excluding tert-OH is 1. The van der Waals surface area contributed by atoms with Gasteiger partial charge in [0.1, 0.15) is 5.54 Å². The van der Waals surface area contributed by atoms with Crippen molar-refractivity contribution >= 4 is 5.91 Å².